The zero-order valence-corrected chi connectivity index (χ0v) is 15.9. The highest BCUT2D eigenvalue weighted by Gasteiger charge is 2.26. The molecule has 1 amide bonds. The second-order valence-electron chi connectivity index (χ2n) is 7.23. The Morgan fingerprint density at radius 1 is 1.50 bits per heavy atom. The lowest BCUT2D eigenvalue weighted by molar-refractivity contribution is -0.122. The number of nitrogens with zero attached hydrogens (tertiary/aromatic N) is 2. The molecule has 0 unspecified atom stereocenters. The van der Waals surface area contributed by atoms with E-state index >= 15 is 0 Å². The summed E-state index contributed by atoms with van der Waals surface area (Å²) in [4.78, 5) is 12.1. The number of nitrogens with one attached hydrogen (secondary N) is 4. The third-order valence-corrected chi connectivity index (χ3v) is 4.43. The molecule has 4 N–H and O–H groups in total. The second-order valence-corrected chi connectivity index (χ2v) is 7.64. The molecule has 2 rings (SSSR count). The largest absolute Gasteiger partial charge is 0.351 e. The Morgan fingerprint density at radius 3 is 2.73 bits per heavy atom. The molecule has 7 nitrogen and oxygen atoms in total. The van der Waals surface area contributed by atoms with Gasteiger partial charge in [0.15, 0.2) is 5.84 Å². The minimum absolute atomic E-state index is 0.0305. The molecule has 0 bridgehead atoms. The molecule has 0 spiro atoms. The number of carbonyl (C=O) groups excluding carboxylic acids is 1. The fourth-order valence-electron chi connectivity index (χ4n) is 2.78. The van der Waals surface area contributed by atoms with Crippen LogP contribution in [0.25, 0.3) is 0 Å². The van der Waals surface area contributed by atoms with E-state index in [1.165, 1.54) is 17.1 Å². The summed E-state index contributed by atoms with van der Waals surface area (Å²) in [5.41, 5.74) is 7.23. The first-order valence-electron chi connectivity index (χ1n) is 8.40. The maximum atomic E-state index is 14.3. The molecule has 142 valence electrons. The van der Waals surface area contributed by atoms with Gasteiger partial charge < -0.3 is 10.6 Å². The van der Waals surface area contributed by atoms with Crippen LogP contribution in [0.1, 0.15) is 44.7 Å². The van der Waals surface area contributed by atoms with Gasteiger partial charge >= 0.3 is 0 Å². The maximum absolute atomic E-state index is 14.3. The van der Waals surface area contributed by atoms with Crippen molar-refractivity contribution in [3.63, 3.8) is 0 Å². The number of benzene rings is 1. The van der Waals surface area contributed by atoms with Gasteiger partial charge in [-0.05, 0) is 52.3 Å². The van der Waals surface area contributed by atoms with E-state index in [9.17, 15) is 9.18 Å². The summed E-state index contributed by atoms with van der Waals surface area (Å²) < 4.78 is 14.3. The highest BCUT2D eigenvalue weighted by molar-refractivity contribution is 6.31. The Hall–Kier alpha value is -2.06. The van der Waals surface area contributed by atoms with Crippen LogP contribution >= 0.6 is 11.6 Å². The number of amidine groups is 1. The highest BCUT2D eigenvalue weighted by atomic mass is 35.5. The molecule has 1 aliphatic rings. The molecule has 0 saturated carbocycles. The fraction of sp³-hybridized carbons (Fsp3) is 0.529. The van der Waals surface area contributed by atoms with E-state index in [2.05, 4.69) is 15.9 Å². The quantitative estimate of drug-likeness (QED) is 0.272. The van der Waals surface area contributed by atoms with Crippen molar-refractivity contribution in [3.8, 4) is 0 Å². The van der Waals surface area contributed by atoms with Crippen LogP contribution < -0.4 is 10.6 Å². The Balaban J connectivity index is 2.21. The molecule has 0 aromatic heterocycles. The van der Waals surface area contributed by atoms with Gasteiger partial charge in [0.25, 0.3) is 0 Å². The summed E-state index contributed by atoms with van der Waals surface area (Å²) in [6, 6.07) is 2.52. The number of carbonyl (C=O) groups is 1. The van der Waals surface area contributed by atoms with Gasteiger partial charge in [-0.3, -0.25) is 10.2 Å². The van der Waals surface area contributed by atoms with Gasteiger partial charge in [-0.1, -0.05) is 16.8 Å². The fourth-order valence-corrected chi connectivity index (χ4v) is 3.02. The van der Waals surface area contributed by atoms with E-state index in [1.807, 2.05) is 0 Å². The second kappa shape index (κ2) is 8.09. The first-order valence-corrected chi connectivity index (χ1v) is 8.78. The molecular formula is C17H24ClFN6O. The Bertz CT molecular complexity index is 712. The van der Waals surface area contributed by atoms with E-state index in [-0.39, 0.29) is 34.9 Å². The first kappa shape index (κ1) is 20.3. The lowest BCUT2D eigenvalue weighted by Gasteiger charge is -2.31. The first-order chi connectivity index (χ1) is 12.1. The summed E-state index contributed by atoms with van der Waals surface area (Å²) in [6.07, 6.45) is 1.69. The highest BCUT2D eigenvalue weighted by Crippen LogP contribution is 2.24. The molecule has 0 radical (unpaired) electrons. The standard InChI is InChI=1S/C17H24ClFN6O/c1-17(2,3)25(24-21)15(20)10-7-11(14(19)12(18)8-10)9-23-16(26)13-5-4-6-22-13/h7-8,13,20-22H,4-6,9H2,1-3H3,(H,23,26)/t13-/m0/s1. The Labute approximate surface area is 157 Å². The number of halogens is 2. The van der Waals surface area contributed by atoms with E-state index in [0.717, 1.165) is 19.4 Å². The van der Waals surface area contributed by atoms with Gasteiger partial charge in [0.2, 0.25) is 5.91 Å². The lowest BCUT2D eigenvalue weighted by Crippen LogP contribution is -2.41. The smallest absolute Gasteiger partial charge is 0.237 e. The molecule has 1 aliphatic heterocycles. The molecule has 1 aromatic rings. The van der Waals surface area contributed by atoms with Crippen molar-refractivity contribution >= 4 is 23.3 Å². The zero-order valence-electron chi connectivity index (χ0n) is 15.1. The number of hydrogen-bond acceptors (Lipinski definition) is 5. The van der Waals surface area contributed by atoms with Crippen LogP contribution in [0.5, 0.6) is 0 Å². The van der Waals surface area contributed by atoms with E-state index in [4.69, 9.17) is 22.5 Å². The van der Waals surface area contributed by atoms with Gasteiger partial charge in [-0.25, -0.2) is 9.40 Å². The van der Waals surface area contributed by atoms with E-state index in [0.29, 0.717) is 5.56 Å². The SMILES string of the molecule is CC(C)(C)N(N=N)C(=N)c1cc(Cl)c(F)c(CNC(=O)[C@@H]2CCCN2)c1. The summed E-state index contributed by atoms with van der Waals surface area (Å²) >= 11 is 5.97. The minimum Gasteiger partial charge on any atom is -0.351 e. The summed E-state index contributed by atoms with van der Waals surface area (Å²) in [6.45, 7) is 6.18. The molecule has 1 atom stereocenters. The number of rotatable bonds is 5. The lowest BCUT2D eigenvalue weighted by atomic mass is 10.0. The van der Waals surface area contributed by atoms with Crippen molar-refractivity contribution in [2.75, 3.05) is 6.54 Å². The average Bonchev–Trinajstić information content (AvgIpc) is 3.09. The Kier molecular flexibility index (Phi) is 6.30. The van der Waals surface area contributed by atoms with Gasteiger partial charge in [0.05, 0.1) is 16.6 Å². The van der Waals surface area contributed by atoms with Crippen molar-refractivity contribution in [1.29, 1.82) is 10.9 Å². The van der Waals surface area contributed by atoms with Crippen LogP contribution in [0.2, 0.25) is 5.02 Å². The number of amides is 1. The van der Waals surface area contributed by atoms with Crippen molar-refractivity contribution in [1.82, 2.24) is 15.6 Å². The molecule has 1 aromatic carbocycles. The molecule has 9 heteroatoms. The molecule has 26 heavy (non-hydrogen) atoms. The summed E-state index contributed by atoms with van der Waals surface area (Å²) in [7, 11) is 0. The molecule has 1 saturated heterocycles. The van der Waals surface area contributed by atoms with E-state index < -0.39 is 11.4 Å². The van der Waals surface area contributed by atoms with Crippen LogP contribution in [-0.4, -0.2) is 34.9 Å². The van der Waals surface area contributed by atoms with Gasteiger partial charge in [0.1, 0.15) is 5.82 Å². The summed E-state index contributed by atoms with van der Waals surface area (Å²) in [5.74, 6) is -0.886. The summed E-state index contributed by atoms with van der Waals surface area (Å²) in [5, 5.41) is 18.5. The topological polar surface area (TPSA) is 104 Å². The van der Waals surface area contributed by atoms with Gasteiger partial charge in [-0.2, -0.15) is 5.53 Å². The van der Waals surface area contributed by atoms with Crippen molar-refractivity contribution < 1.29 is 9.18 Å². The molecule has 1 heterocycles. The monoisotopic (exact) mass is 382 g/mol. The number of hydrogen-bond donors (Lipinski definition) is 4. The van der Waals surface area contributed by atoms with Crippen molar-refractivity contribution in [2.45, 2.75) is 51.7 Å². The molecular weight excluding hydrogens is 359 g/mol. The van der Waals surface area contributed by atoms with Crippen molar-refractivity contribution in [2.24, 2.45) is 5.22 Å². The van der Waals surface area contributed by atoms with Gasteiger partial charge in [0, 0.05) is 17.7 Å². The van der Waals surface area contributed by atoms with Crippen LogP contribution in [0.4, 0.5) is 4.39 Å². The third-order valence-electron chi connectivity index (χ3n) is 4.15. The van der Waals surface area contributed by atoms with E-state index in [1.54, 1.807) is 20.8 Å². The Morgan fingerprint density at radius 2 is 2.19 bits per heavy atom. The average molecular weight is 383 g/mol. The minimum atomic E-state index is -0.631. The molecule has 0 aliphatic carbocycles. The maximum Gasteiger partial charge on any atom is 0.237 e. The zero-order chi connectivity index (χ0) is 19.5. The van der Waals surface area contributed by atoms with Crippen LogP contribution in [-0.2, 0) is 11.3 Å². The molecule has 1 fully saturated rings. The predicted octanol–water partition coefficient (Wildman–Crippen LogP) is 3.22. The van der Waals surface area contributed by atoms with Crippen molar-refractivity contribution in [3.05, 3.63) is 34.1 Å². The van der Waals surface area contributed by atoms with Crippen LogP contribution in [0, 0.1) is 16.8 Å². The third kappa shape index (κ3) is 4.56. The normalized spacial score (nSPS) is 17.0. The van der Waals surface area contributed by atoms with Crippen LogP contribution in [0.3, 0.4) is 0 Å². The van der Waals surface area contributed by atoms with Gasteiger partial charge in [-0.15, -0.1) is 0 Å². The predicted molar refractivity (Wildman–Crippen MR) is 97.8 cm³/mol. The van der Waals surface area contributed by atoms with Crippen LogP contribution in [0.15, 0.2) is 17.4 Å².